The number of hydrogen-bond donors (Lipinski definition) is 3. The first-order valence-corrected chi connectivity index (χ1v) is 10.2. The van der Waals surface area contributed by atoms with Gasteiger partial charge in [0.15, 0.2) is 5.78 Å². The van der Waals surface area contributed by atoms with Gasteiger partial charge in [-0.25, -0.2) is 0 Å². The number of hydrogen-bond acceptors (Lipinski definition) is 4. The van der Waals surface area contributed by atoms with Crippen molar-refractivity contribution in [3.05, 3.63) is 96.0 Å². The van der Waals surface area contributed by atoms with Crippen LogP contribution in [0.4, 0.5) is 5.69 Å². The number of furan rings is 1. The fourth-order valence-electron chi connectivity index (χ4n) is 3.20. The van der Waals surface area contributed by atoms with Gasteiger partial charge in [-0.2, -0.15) is 0 Å². The van der Waals surface area contributed by atoms with Crippen molar-refractivity contribution in [2.75, 3.05) is 11.9 Å². The second-order valence-corrected chi connectivity index (χ2v) is 7.33. The molecule has 0 saturated heterocycles. The summed E-state index contributed by atoms with van der Waals surface area (Å²) in [5, 5.41) is 15.1. The first-order chi connectivity index (χ1) is 15.0. The zero-order chi connectivity index (χ0) is 22.1. The molecule has 1 amide bonds. The average Bonchev–Trinajstić information content (AvgIpc) is 3.31. The Labute approximate surface area is 193 Å². The first-order valence-electron chi connectivity index (χ1n) is 10.2. The molecule has 2 aromatic carbocycles. The molecule has 6 nitrogen and oxygen atoms in total. The van der Waals surface area contributed by atoms with Gasteiger partial charge in [0.1, 0.15) is 17.9 Å². The van der Waals surface area contributed by atoms with Crippen LogP contribution in [-0.4, -0.2) is 29.4 Å². The number of quaternary nitrogens is 1. The minimum absolute atomic E-state index is 0. The lowest BCUT2D eigenvalue weighted by Crippen LogP contribution is -3.00. The zero-order valence-electron chi connectivity index (χ0n) is 17.8. The minimum Gasteiger partial charge on any atom is -1.00 e. The van der Waals surface area contributed by atoms with Crippen molar-refractivity contribution in [1.29, 1.82) is 0 Å². The molecule has 1 heterocycles. The summed E-state index contributed by atoms with van der Waals surface area (Å²) in [5.41, 5.74) is 1.95. The van der Waals surface area contributed by atoms with Crippen LogP contribution in [0.15, 0.2) is 83.5 Å². The van der Waals surface area contributed by atoms with Crippen molar-refractivity contribution in [2.24, 2.45) is 0 Å². The van der Waals surface area contributed by atoms with Crippen LogP contribution < -0.4 is 23.0 Å². The number of rotatable bonds is 10. The minimum atomic E-state index is -0.593. The smallest absolute Gasteiger partial charge is 0.248 e. The van der Waals surface area contributed by atoms with Crippen LogP contribution in [0.25, 0.3) is 6.08 Å². The number of nitrogens with two attached hydrogens (primary N) is 1. The zero-order valence-corrected chi connectivity index (χ0v) is 18.5. The van der Waals surface area contributed by atoms with Crippen molar-refractivity contribution >= 4 is 23.5 Å². The highest BCUT2D eigenvalue weighted by Crippen LogP contribution is 2.15. The van der Waals surface area contributed by atoms with E-state index in [2.05, 4.69) is 5.32 Å². The molecule has 0 radical (unpaired) electrons. The summed E-state index contributed by atoms with van der Waals surface area (Å²) in [5.74, 6) is 0.264. The second kappa shape index (κ2) is 12.6. The number of nitrogens with one attached hydrogen (secondary N) is 1. The van der Waals surface area contributed by atoms with Crippen LogP contribution in [0.2, 0.25) is 0 Å². The van der Waals surface area contributed by atoms with Crippen molar-refractivity contribution in [1.82, 2.24) is 0 Å². The maximum Gasteiger partial charge on any atom is 0.248 e. The van der Waals surface area contributed by atoms with Crippen LogP contribution in [0.1, 0.15) is 41.1 Å². The van der Waals surface area contributed by atoms with E-state index in [1.165, 1.54) is 12.3 Å². The lowest BCUT2D eigenvalue weighted by Gasteiger charge is -2.17. The number of ketones is 1. The summed E-state index contributed by atoms with van der Waals surface area (Å²) < 4.78 is 5.15. The Bertz CT molecular complexity index is 1020. The van der Waals surface area contributed by atoms with Crippen LogP contribution in [0.5, 0.6) is 0 Å². The van der Waals surface area contributed by atoms with E-state index in [1.54, 1.807) is 42.5 Å². The molecule has 0 aliphatic rings. The topological polar surface area (TPSA) is 96.2 Å². The van der Waals surface area contributed by atoms with Crippen molar-refractivity contribution in [2.45, 2.75) is 25.5 Å². The number of Topliss-reactive ketones (excluding diaryl/α,β-unsaturated/α-hetero) is 1. The molecule has 0 fully saturated rings. The molecular weight excluding hydrogens is 428 g/mol. The Hall–Kier alpha value is -3.19. The molecule has 2 unspecified atom stereocenters. The molecule has 7 heteroatoms. The van der Waals surface area contributed by atoms with Crippen molar-refractivity contribution in [3.63, 3.8) is 0 Å². The van der Waals surface area contributed by atoms with E-state index in [9.17, 15) is 14.7 Å². The highest BCUT2D eigenvalue weighted by molar-refractivity contribution is 6.03. The van der Waals surface area contributed by atoms with Crippen LogP contribution in [0.3, 0.4) is 0 Å². The Morgan fingerprint density at radius 1 is 1.09 bits per heavy atom. The summed E-state index contributed by atoms with van der Waals surface area (Å²) in [4.78, 5) is 24.6. The normalized spacial score (nSPS) is 12.7. The lowest BCUT2D eigenvalue weighted by atomic mass is 10.0. The number of aliphatic hydroxyl groups is 1. The van der Waals surface area contributed by atoms with Crippen LogP contribution >= 0.6 is 0 Å². The van der Waals surface area contributed by atoms with Gasteiger partial charge in [0.05, 0.1) is 19.2 Å². The van der Waals surface area contributed by atoms with E-state index in [4.69, 9.17) is 4.42 Å². The molecule has 4 N–H and O–H groups in total. The number of benzene rings is 2. The monoisotopic (exact) mass is 454 g/mol. The van der Waals surface area contributed by atoms with E-state index in [1.807, 2.05) is 42.6 Å². The van der Waals surface area contributed by atoms with E-state index >= 15 is 0 Å². The predicted molar refractivity (Wildman–Crippen MR) is 119 cm³/mol. The molecular formula is C25H27ClN2O4. The quantitative estimate of drug-likeness (QED) is 0.301. The standard InChI is InChI=1S/C25H26N2O4.ClH/c1-18(25(30)19-7-3-2-4-8-19)26-15-14-23(28)20-9-5-10-21(17-20)27-24(29)13-12-22-11-6-16-31-22;/h2-13,16-18,25-26,30H,14-15H2,1H3,(H,27,29);1H/b13-12+;. The Kier molecular flexibility index (Phi) is 9.88. The largest absolute Gasteiger partial charge is 1.00 e. The molecule has 0 aliphatic carbocycles. The first kappa shape index (κ1) is 25.1. The van der Waals surface area contributed by atoms with E-state index in [-0.39, 0.29) is 30.1 Å². The highest BCUT2D eigenvalue weighted by atomic mass is 35.5. The van der Waals surface area contributed by atoms with E-state index in [0.29, 0.717) is 30.0 Å². The van der Waals surface area contributed by atoms with Gasteiger partial charge < -0.3 is 32.6 Å². The molecule has 2 atom stereocenters. The van der Waals surface area contributed by atoms with E-state index in [0.717, 1.165) is 5.56 Å². The fourth-order valence-corrected chi connectivity index (χ4v) is 3.20. The van der Waals surface area contributed by atoms with Gasteiger partial charge in [0, 0.05) is 17.3 Å². The Morgan fingerprint density at radius 3 is 2.59 bits per heavy atom. The molecule has 1 aromatic heterocycles. The SMILES string of the molecule is CC([NH2+]CCC(=O)c1cccc(NC(=O)/C=C/c2ccco2)c1)C(O)c1ccccc1.[Cl-]. The number of aliphatic hydroxyl groups excluding tert-OH is 1. The maximum absolute atomic E-state index is 12.6. The number of halogens is 1. The van der Waals surface area contributed by atoms with Gasteiger partial charge in [0.2, 0.25) is 5.91 Å². The highest BCUT2D eigenvalue weighted by Gasteiger charge is 2.19. The summed E-state index contributed by atoms with van der Waals surface area (Å²) in [6.07, 6.45) is 4.23. The average molecular weight is 455 g/mol. The summed E-state index contributed by atoms with van der Waals surface area (Å²) in [6, 6.07) is 19.8. The van der Waals surface area contributed by atoms with Gasteiger partial charge in [-0.15, -0.1) is 0 Å². The molecule has 0 saturated carbocycles. The second-order valence-electron chi connectivity index (χ2n) is 7.33. The summed E-state index contributed by atoms with van der Waals surface area (Å²) >= 11 is 0. The summed E-state index contributed by atoms with van der Waals surface area (Å²) in [6.45, 7) is 2.50. The van der Waals surface area contributed by atoms with Gasteiger partial charge in [-0.05, 0) is 42.8 Å². The third-order valence-corrected chi connectivity index (χ3v) is 4.94. The number of carbonyl (C=O) groups excluding carboxylic acids is 2. The Morgan fingerprint density at radius 2 is 1.88 bits per heavy atom. The predicted octanol–water partition coefficient (Wildman–Crippen LogP) is 0.194. The fraction of sp³-hybridized carbons (Fsp3) is 0.200. The van der Waals surface area contributed by atoms with Crippen molar-refractivity contribution in [3.8, 4) is 0 Å². The number of carbonyl (C=O) groups is 2. The lowest BCUT2D eigenvalue weighted by molar-refractivity contribution is -0.693. The molecule has 3 aromatic rings. The summed E-state index contributed by atoms with van der Waals surface area (Å²) in [7, 11) is 0. The number of amides is 1. The Balaban J connectivity index is 0.00000363. The van der Waals surface area contributed by atoms with Crippen molar-refractivity contribution < 1.29 is 36.8 Å². The molecule has 0 spiro atoms. The molecule has 0 aliphatic heterocycles. The van der Waals surface area contributed by atoms with Crippen LogP contribution in [0, 0.1) is 0 Å². The van der Waals surface area contributed by atoms with Gasteiger partial charge in [0.25, 0.3) is 0 Å². The van der Waals surface area contributed by atoms with Gasteiger partial charge >= 0.3 is 0 Å². The van der Waals surface area contributed by atoms with Gasteiger partial charge in [-0.3, -0.25) is 9.59 Å². The third kappa shape index (κ3) is 7.50. The molecule has 0 bridgehead atoms. The third-order valence-electron chi connectivity index (χ3n) is 4.94. The maximum atomic E-state index is 12.6. The number of anilines is 1. The molecule has 32 heavy (non-hydrogen) atoms. The molecule has 168 valence electrons. The van der Waals surface area contributed by atoms with Crippen LogP contribution in [-0.2, 0) is 4.79 Å². The van der Waals surface area contributed by atoms with Gasteiger partial charge in [-0.1, -0.05) is 42.5 Å². The van der Waals surface area contributed by atoms with E-state index < -0.39 is 6.10 Å². The molecule has 3 rings (SSSR count).